The Bertz CT molecular complexity index is 777. The molecular formula is C22H25ClNO2P. The van der Waals surface area contributed by atoms with Crippen LogP contribution in [0.2, 0.25) is 0 Å². The highest BCUT2D eigenvalue weighted by atomic mass is 35.5. The van der Waals surface area contributed by atoms with E-state index in [1.54, 1.807) is 24.3 Å². The summed E-state index contributed by atoms with van der Waals surface area (Å²) in [5.74, 6) is -1.05. The molecule has 1 unspecified atom stereocenters. The third-order valence-electron chi connectivity index (χ3n) is 4.30. The minimum absolute atomic E-state index is 0.158. The molecule has 0 spiro atoms. The van der Waals surface area contributed by atoms with Crippen molar-refractivity contribution in [1.82, 2.24) is 5.32 Å². The van der Waals surface area contributed by atoms with Crippen LogP contribution in [-0.4, -0.2) is 11.7 Å². The van der Waals surface area contributed by atoms with Gasteiger partial charge in [-0.1, -0.05) is 84.9 Å². The smallest absolute Gasteiger partial charge is 0.220 e. The fourth-order valence-electron chi connectivity index (χ4n) is 2.91. The van der Waals surface area contributed by atoms with E-state index in [2.05, 4.69) is 18.5 Å². The Morgan fingerprint density at radius 1 is 1.04 bits per heavy atom. The molecule has 1 atom stereocenters. The molecule has 0 aliphatic heterocycles. The number of halogens is 1. The van der Waals surface area contributed by atoms with E-state index in [-0.39, 0.29) is 10.9 Å². The molecule has 0 saturated heterocycles. The lowest BCUT2D eigenvalue weighted by molar-refractivity contribution is -0.121. The van der Waals surface area contributed by atoms with E-state index >= 15 is 0 Å². The zero-order chi connectivity index (χ0) is 19.7. The van der Waals surface area contributed by atoms with Gasteiger partial charge in [0.1, 0.15) is 5.78 Å². The lowest BCUT2D eigenvalue weighted by atomic mass is 10.2. The highest BCUT2D eigenvalue weighted by Crippen LogP contribution is 2.50. The zero-order valence-corrected chi connectivity index (χ0v) is 17.0. The molecule has 2 aromatic rings. The van der Waals surface area contributed by atoms with Gasteiger partial charge in [-0.05, 0) is 19.3 Å². The quantitative estimate of drug-likeness (QED) is 0.348. The minimum Gasteiger partial charge on any atom is -0.341 e. The summed E-state index contributed by atoms with van der Waals surface area (Å²) < 4.78 is 14.3. The molecular weight excluding hydrogens is 377 g/mol. The van der Waals surface area contributed by atoms with Crippen molar-refractivity contribution in [2.45, 2.75) is 31.5 Å². The van der Waals surface area contributed by atoms with Crippen LogP contribution in [0.5, 0.6) is 0 Å². The van der Waals surface area contributed by atoms with Crippen molar-refractivity contribution in [2.75, 3.05) is 0 Å². The van der Waals surface area contributed by atoms with Gasteiger partial charge < -0.3 is 9.88 Å². The van der Waals surface area contributed by atoms with Gasteiger partial charge in [0.05, 0.1) is 0 Å². The number of allylic oxidation sites excluding steroid dienone is 1. The molecule has 0 heterocycles. The highest BCUT2D eigenvalue weighted by Gasteiger charge is 2.39. The van der Waals surface area contributed by atoms with E-state index in [1.165, 1.54) is 0 Å². The van der Waals surface area contributed by atoms with E-state index in [9.17, 15) is 9.36 Å². The average Bonchev–Trinajstić information content (AvgIpc) is 2.70. The maximum Gasteiger partial charge on any atom is 0.220 e. The van der Waals surface area contributed by atoms with E-state index in [4.69, 9.17) is 11.6 Å². The number of amides is 1. The second-order valence-corrected chi connectivity index (χ2v) is 9.63. The summed E-state index contributed by atoms with van der Waals surface area (Å²) >= 11 is 6.26. The number of rotatable bonds is 10. The van der Waals surface area contributed by atoms with Gasteiger partial charge in [0, 0.05) is 22.1 Å². The summed E-state index contributed by atoms with van der Waals surface area (Å²) in [6, 6.07) is 18.3. The van der Waals surface area contributed by atoms with Gasteiger partial charge in [0.15, 0.2) is 7.14 Å². The highest BCUT2D eigenvalue weighted by molar-refractivity contribution is 7.79. The molecule has 0 aromatic heterocycles. The van der Waals surface area contributed by atoms with Crippen LogP contribution < -0.4 is 15.9 Å². The van der Waals surface area contributed by atoms with Crippen LogP contribution in [-0.2, 0) is 9.36 Å². The van der Waals surface area contributed by atoms with E-state index in [0.29, 0.717) is 17.0 Å². The fourth-order valence-corrected chi connectivity index (χ4v) is 6.22. The predicted octanol–water partition coefficient (Wildman–Crippen LogP) is 4.94. The molecule has 0 saturated carbocycles. The number of carbonyl (C=O) groups is 1. The van der Waals surface area contributed by atoms with Crippen LogP contribution in [0.15, 0.2) is 84.9 Å². The first-order valence-electron chi connectivity index (χ1n) is 8.95. The van der Waals surface area contributed by atoms with Gasteiger partial charge in [0.2, 0.25) is 5.91 Å². The van der Waals surface area contributed by atoms with Crippen molar-refractivity contribution in [1.29, 1.82) is 0 Å². The van der Waals surface area contributed by atoms with E-state index in [0.717, 1.165) is 19.3 Å². The largest absolute Gasteiger partial charge is 0.341 e. The minimum atomic E-state index is -3.27. The van der Waals surface area contributed by atoms with Gasteiger partial charge in [-0.3, -0.25) is 4.79 Å². The zero-order valence-electron chi connectivity index (χ0n) is 15.3. The molecule has 0 aliphatic rings. The molecule has 0 aliphatic carbocycles. The molecule has 2 aromatic carbocycles. The maximum atomic E-state index is 14.3. The molecule has 1 N–H and O–H groups in total. The van der Waals surface area contributed by atoms with Crippen LogP contribution in [0.3, 0.4) is 0 Å². The normalized spacial score (nSPS) is 12.2. The predicted molar refractivity (Wildman–Crippen MR) is 115 cm³/mol. The summed E-state index contributed by atoms with van der Waals surface area (Å²) in [7, 11) is -3.27. The topological polar surface area (TPSA) is 46.2 Å². The maximum absolute atomic E-state index is 14.3. The van der Waals surface area contributed by atoms with Crippen molar-refractivity contribution >= 4 is 35.3 Å². The van der Waals surface area contributed by atoms with Crippen molar-refractivity contribution in [3.05, 3.63) is 84.9 Å². The Labute approximate surface area is 166 Å². The number of hydrogen-bond acceptors (Lipinski definition) is 2. The number of nitrogens with one attached hydrogen (secondary N) is 1. The number of carbonyl (C=O) groups excluding carboxylic acids is 1. The van der Waals surface area contributed by atoms with Crippen molar-refractivity contribution in [3.63, 3.8) is 0 Å². The number of benzene rings is 2. The van der Waals surface area contributed by atoms with Crippen molar-refractivity contribution in [3.8, 4) is 0 Å². The monoisotopic (exact) mass is 401 g/mol. The molecule has 142 valence electrons. The Balaban J connectivity index is 2.36. The summed E-state index contributed by atoms with van der Waals surface area (Å²) in [4.78, 5) is 12.5. The molecule has 3 nitrogen and oxygen atoms in total. The Kier molecular flexibility index (Phi) is 8.09. The Morgan fingerprint density at radius 2 is 1.56 bits per heavy atom. The second-order valence-electron chi connectivity index (χ2n) is 6.28. The molecule has 0 bridgehead atoms. The van der Waals surface area contributed by atoms with Gasteiger partial charge in [-0.2, -0.15) is 0 Å². The van der Waals surface area contributed by atoms with Crippen LogP contribution in [0.4, 0.5) is 0 Å². The molecule has 27 heavy (non-hydrogen) atoms. The molecule has 0 radical (unpaired) electrons. The van der Waals surface area contributed by atoms with Crippen molar-refractivity contribution < 1.29 is 9.36 Å². The van der Waals surface area contributed by atoms with Gasteiger partial charge in [-0.25, -0.2) is 0 Å². The lowest BCUT2D eigenvalue weighted by Crippen LogP contribution is -2.40. The summed E-state index contributed by atoms with van der Waals surface area (Å²) in [6.45, 7) is 7.48. The lowest BCUT2D eigenvalue weighted by Gasteiger charge is -2.29. The molecule has 1 amide bonds. The van der Waals surface area contributed by atoms with Crippen LogP contribution in [0.25, 0.3) is 0 Å². The second kappa shape index (κ2) is 10.3. The van der Waals surface area contributed by atoms with Crippen LogP contribution in [0, 0.1) is 0 Å². The standard InChI is InChI=1S/C22H25ClNO2P/c1-3-4-5-12-17-21(25)24-22(18(2)23)27(26,19-13-8-6-9-14-19)20-15-10-7-11-16-20/h3,6-11,13-16,22H,1-2,4-5,12,17H2,(H,24,25). The van der Waals surface area contributed by atoms with Gasteiger partial charge in [-0.15, -0.1) is 6.58 Å². The summed E-state index contributed by atoms with van der Waals surface area (Å²) in [5.41, 5.74) is 0. The summed E-state index contributed by atoms with van der Waals surface area (Å²) in [5, 5.41) is 4.30. The first kappa shape index (κ1) is 21.2. The van der Waals surface area contributed by atoms with Gasteiger partial charge >= 0.3 is 0 Å². The molecule has 0 fully saturated rings. The first-order valence-corrected chi connectivity index (χ1v) is 11.1. The van der Waals surface area contributed by atoms with Crippen LogP contribution in [0.1, 0.15) is 25.7 Å². The third kappa shape index (κ3) is 5.45. The fraction of sp³-hybridized carbons (Fsp3) is 0.227. The molecule has 5 heteroatoms. The van der Waals surface area contributed by atoms with Crippen molar-refractivity contribution in [2.24, 2.45) is 0 Å². The molecule has 2 rings (SSSR count). The number of hydrogen-bond donors (Lipinski definition) is 1. The summed E-state index contributed by atoms with van der Waals surface area (Å²) in [6.07, 6.45) is 4.67. The number of unbranched alkanes of at least 4 members (excludes halogenated alkanes) is 2. The van der Waals surface area contributed by atoms with E-state index < -0.39 is 12.9 Å². The van der Waals surface area contributed by atoms with Crippen LogP contribution >= 0.6 is 18.7 Å². The Hall–Kier alpha value is -2.09. The van der Waals surface area contributed by atoms with E-state index in [1.807, 2.05) is 42.5 Å². The van der Waals surface area contributed by atoms with Gasteiger partial charge in [0.25, 0.3) is 0 Å². The Morgan fingerprint density at radius 3 is 2.00 bits per heavy atom. The third-order valence-corrected chi connectivity index (χ3v) is 7.97. The average molecular weight is 402 g/mol. The first-order chi connectivity index (χ1) is 13.0. The SMILES string of the molecule is C=CCCCCC(=O)NC(C(=C)Cl)P(=O)(c1ccccc1)c1ccccc1.